The van der Waals surface area contributed by atoms with Gasteiger partial charge < -0.3 is 16.8 Å². The molecule has 1 amide bonds. The Morgan fingerprint density at radius 1 is 1.32 bits per heavy atom. The van der Waals surface area contributed by atoms with Crippen LogP contribution in [0.3, 0.4) is 0 Å². The molecule has 0 saturated heterocycles. The molecule has 1 heterocycles. The van der Waals surface area contributed by atoms with Gasteiger partial charge in [-0.2, -0.15) is 0 Å². The van der Waals surface area contributed by atoms with Crippen LogP contribution in [0.1, 0.15) is 53.8 Å². The van der Waals surface area contributed by atoms with Gasteiger partial charge in [0.1, 0.15) is 11.5 Å². The van der Waals surface area contributed by atoms with Crippen molar-refractivity contribution in [2.45, 2.75) is 38.3 Å². The lowest BCUT2D eigenvalue weighted by Crippen LogP contribution is -2.35. The maximum Gasteiger partial charge on any atom is 0.218 e. The quantitative estimate of drug-likeness (QED) is 0.585. The lowest BCUT2D eigenvalue weighted by atomic mass is 9.95. The molecule has 3 rings (SSSR count). The van der Waals surface area contributed by atoms with Crippen molar-refractivity contribution in [3.05, 3.63) is 58.1 Å². The smallest absolute Gasteiger partial charge is 0.218 e. The molecule has 1 aliphatic rings. The molecule has 1 unspecified atom stereocenters. The summed E-state index contributed by atoms with van der Waals surface area (Å²) < 4.78 is 15.4. The van der Waals surface area contributed by atoms with Crippen LogP contribution in [0.4, 0.5) is 10.1 Å². The largest absolute Gasteiger partial charge is 0.397 e. The Bertz CT molecular complexity index is 900. The SMILES string of the molecule is CC(CC(N)=O)N[C@@H](c1ccc(Cl)c(C(=O)c2ccc(N)cn2)c1F)C1CC1. The molecule has 1 fully saturated rings. The first kappa shape index (κ1) is 20.2. The predicted octanol–water partition coefficient (Wildman–Crippen LogP) is 2.99. The number of hydrogen-bond donors (Lipinski definition) is 3. The second kappa shape index (κ2) is 8.24. The second-order valence-electron chi connectivity index (χ2n) is 7.18. The highest BCUT2D eigenvalue weighted by atomic mass is 35.5. The molecule has 0 aliphatic heterocycles. The van der Waals surface area contributed by atoms with Gasteiger partial charge in [-0.25, -0.2) is 4.39 Å². The molecule has 8 heteroatoms. The van der Waals surface area contributed by atoms with E-state index in [2.05, 4.69) is 10.3 Å². The van der Waals surface area contributed by atoms with Gasteiger partial charge in [0.05, 0.1) is 22.5 Å². The van der Waals surface area contributed by atoms with Crippen LogP contribution in [0.5, 0.6) is 0 Å². The van der Waals surface area contributed by atoms with Crippen LogP contribution in [0.2, 0.25) is 5.02 Å². The van der Waals surface area contributed by atoms with Crippen molar-refractivity contribution in [3.63, 3.8) is 0 Å². The van der Waals surface area contributed by atoms with E-state index in [1.54, 1.807) is 6.07 Å². The van der Waals surface area contributed by atoms with Crippen molar-refractivity contribution in [3.8, 4) is 0 Å². The molecule has 2 atom stereocenters. The number of halogens is 2. The zero-order valence-electron chi connectivity index (χ0n) is 15.4. The number of pyridine rings is 1. The number of aromatic nitrogens is 1. The molecule has 28 heavy (non-hydrogen) atoms. The zero-order valence-corrected chi connectivity index (χ0v) is 16.2. The summed E-state index contributed by atoms with van der Waals surface area (Å²) in [5, 5.41) is 3.29. The lowest BCUT2D eigenvalue weighted by Gasteiger charge is -2.24. The van der Waals surface area contributed by atoms with Crippen molar-refractivity contribution in [2.75, 3.05) is 5.73 Å². The second-order valence-corrected chi connectivity index (χ2v) is 7.59. The molecule has 0 spiro atoms. The Balaban J connectivity index is 1.95. The van der Waals surface area contributed by atoms with Crippen molar-refractivity contribution in [2.24, 2.45) is 11.7 Å². The van der Waals surface area contributed by atoms with Gasteiger partial charge in [0.2, 0.25) is 11.7 Å². The number of nitrogens with zero attached hydrogens (tertiary/aromatic N) is 1. The lowest BCUT2D eigenvalue weighted by molar-refractivity contribution is -0.118. The van der Waals surface area contributed by atoms with Gasteiger partial charge in [-0.05, 0) is 43.9 Å². The summed E-state index contributed by atoms with van der Waals surface area (Å²) >= 11 is 6.16. The molecule has 1 saturated carbocycles. The van der Waals surface area contributed by atoms with Crippen LogP contribution < -0.4 is 16.8 Å². The number of rotatable bonds is 8. The first-order chi connectivity index (χ1) is 13.3. The molecular formula is C20H22ClFN4O2. The Morgan fingerprint density at radius 2 is 2.04 bits per heavy atom. The Labute approximate surface area is 167 Å². The minimum atomic E-state index is -0.674. The fourth-order valence-electron chi connectivity index (χ4n) is 3.26. The van der Waals surface area contributed by atoms with Crippen LogP contribution >= 0.6 is 11.6 Å². The van der Waals surface area contributed by atoms with Gasteiger partial charge in [-0.1, -0.05) is 17.7 Å². The average molecular weight is 405 g/mol. The molecule has 5 N–H and O–H groups in total. The molecule has 1 aromatic carbocycles. The van der Waals surface area contributed by atoms with Crippen molar-refractivity contribution in [1.29, 1.82) is 0 Å². The highest BCUT2D eigenvalue weighted by molar-refractivity contribution is 6.35. The van der Waals surface area contributed by atoms with Gasteiger partial charge in [0.25, 0.3) is 0 Å². The highest BCUT2D eigenvalue weighted by Gasteiger charge is 2.36. The van der Waals surface area contributed by atoms with Crippen LogP contribution in [0.15, 0.2) is 30.5 Å². The third kappa shape index (κ3) is 4.48. The summed E-state index contributed by atoms with van der Waals surface area (Å²) in [6, 6.07) is 5.49. The van der Waals surface area contributed by atoms with E-state index in [-0.39, 0.29) is 40.7 Å². The summed E-state index contributed by atoms with van der Waals surface area (Å²) in [6.07, 6.45) is 3.35. The van der Waals surface area contributed by atoms with Crippen molar-refractivity contribution in [1.82, 2.24) is 10.3 Å². The maximum atomic E-state index is 15.4. The molecule has 1 aromatic heterocycles. The fourth-order valence-corrected chi connectivity index (χ4v) is 3.49. The summed E-state index contributed by atoms with van der Waals surface area (Å²) in [7, 11) is 0. The number of primary amides is 1. The van der Waals surface area contributed by atoms with E-state index < -0.39 is 17.5 Å². The van der Waals surface area contributed by atoms with Gasteiger partial charge in [0, 0.05) is 24.1 Å². The average Bonchev–Trinajstić information content (AvgIpc) is 3.45. The van der Waals surface area contributed by atoms with Crippen LogP contribution in [-0.2, 0) is 4.79 Å². The van der Waals surface area contributed by atoms with E-state index in [1.165, 1.54) is 24.4 Å². The van der Waals surface area contributed by atoms with Crippen molar-refractivity contribution < 1.29 is 14.0 Å². The van der Waals surface area contributed by atoms with E-state index in [9.17, 15) is 9.59 Å². The zero-order chi connectivity index (χ0) is 20.4. The molecule has 2 aromatic rings. The summed E-state index contributed by atoms with van der Waals surface area (Å²) in [5.41, 5.74) is 11.4. The minimum absolute atomic E-state index is 0.0182. The molecule has 148 valence electrons. The molecule has 1 aliphatic carbocycles. The topological polar surface area (TPSA) is 111 Å². The highest BCUT2D eigenvalue weighted by Crippen LogP contribution is 2.43. The fraction of sp³-hybridized carbons (Fsp3) is 0.350. The first-order valence-corrected chi connectivity index (χ1v) is 9.44. The first-order valence-electron chi connectivity index (χ1n) is 9.06. The van der Waals surface area contributed by atoms with Crippen LogP contribution in [0, 0.1) is 11.7 Å². The number of nitrogens with one attached hydrogen (secondary N) is 1. The summed E-state index contributed by atoms with van der Waals surface area (Å²) in [6.45, 7) is 1.82. The molecular weight excluding hydrogens is 383 g/mol. The number of carbonyl (C=O) groups is 2. The van der Waals surface area contributed by atoms with Gasteiger partial charge >= 0.3 is 0 Å². The van der Waals surface area contributed by atoms with Gasteiger partial charge in [-0.3, -0.25) is 14.6 Å². The number of hydrogen-bond acceptors (Lipinski definition) is 5. The standard InChI is InChI=1S/C20H22ClFN4O2/c1-10(8-16(24)27)26-19(11-2-3-11)13-5-6-14(21)17(18(13)22)20(28)15-7-4-12(23)9-25-15/h4-7,9-11,19,26H,2-3,8,23H2,1H3,(H2,24,27)/t10?,19-/m1/s1. The number of benzene rings is 1. The number of anilines is 1. The van der Waals surface area contributed by atoms with E-state index in [0.717, 1.165) is 12.8 Å². The van der Waals surface area contributed by atoms with E-state index in [1.807, 2.05) is 6.92 Å². The molecule has 0 radical (unpaired) electrons. The van der Waals surface area contributed by atoms with Gasteiger partial charge in [0.15, 0.2) is 0 Å². The van der Waals surface area contributed by atoms with E-state index in [4.69, 9.17) is 23.1 Å². The van der Waals surface area contributed by atoms with Gasteiger partial charge in [-0.15, -0.1) is 0 Å². The van der Waals surface area contributed by atoms with Crippen LogP contribution in [0.25, 0.3) is 0 Å². The van der Waals surface area contributed by atoms with E-state index in [0.29, 0.717) is 11.3 Å². The minimum Gasteiger partial charge on any atom is -0.397 e. The third-order valence-electron chi connectivity index (χ3n) is 4.77. The van der Waals surface area contributed by atoms with Crippen LogP contribution in [-0.4, -0.2) is 22.7 Å². The summed E-state index contributed by atoms with van der Waals surface area (Å²) in [5.74, 6) is -1.49. The number of carbonyl (C=O) groups excluding carboxylic acids is 2. The maximum absolute atomic E-state index is 15.4. The Hall–Kier alpha value is -2.51. The van der Waals surface area contributed by atoms with Crippen molar-refractivity contribution >= 4 is 29.0 Å². The van der Waals surface area contributed by atoms with E-state index >= 15 is 4.39 Å². The monoisotopic (exact) mass is 404 g/mol. The Morgan fingerprint density at radius 3 is 2.61 bits per heavy atom. The third-order valence-corrected chi connectivity index (χ3v) is 5.08. The number of nitrogen functional groups attached to an aromatic ring is 1. The number of ketones is 1. The molecule has 6 nitrogen and oxygen atoms in total. The predicted molar refractivity (Wildman–Crippen MR) is 105 cm³/mol. The summed E-state index contributed by atoms with van der Waals surface area (Å²) in [4.78, 5) is 28.0. The number of nitrogens with two attached hydrogens (primary N) is 2. The number of amides is 1. The molecule has 0 bridgehead atoms. The Kier molecular flexibility index (Phi) is 5.96. The normalized spacial score (nSPS) is 15.8.